The molecule has 0 radical (unpaired) electrons. The number of rotatable bonds is 6. The van der Waals surface area contributed by atoms with Gasteiger partial charge in [-0.05, 0) is 140 Å². The fourth-order valence-corrected chi connectivity index (χ4v) is 11.1. The van der Waals surface area contributed by atoms with Crippen molar-refractivity contribution in [1.82, 2.24) is 19.1 Å². The Morgan fingerprint density at radius 1 is 0.303 bits per heavy atom. The van der Waals surface area contributed by atoms with Gasteiger partial charge in [-0.2, -0.15) is 0 Å². The maximum absolute atomic E-state index is 5.26. The molecule has 0 saturated heterocycles. The number of benzene rings is 9. The number of fused-ring (bicyclic) bond motifs is 8. The highest BCUT2D eigenvalue weighted by molar-refractivity contribution is 5.94. The van der Waals surface area contributed by atoms with Gasteiger partial charge in [-0.1, -0.05) is 161 Å². The highest BCUT2D eigenvalue weighted by Gasteiger charge is 2.42. The highest BCUT2D eigenvalue weighted by Crippen LogP contribution is 2.57. The lowest BCUT2D eigenvalue weighted by atomic mass is 9.79. The van der Waals surface area contributed by atoms with Gasteiger partial charge in [-0.25, -0.2) is 9.97 Å². The van der Waals surface area contributed by atoms with E-state index >= 15 is 0 Å². The van der Waals surface area contributed by atoms with Gasteiger partial charge in [0.05, 0.1) is 22.1 Å². The summed E-state index contributed by atoms with van der Waals surface area (Å²) in [7, 11) is 0. The summed E-state index contributed by atoms with van der Waals surface area (Å²) in [6, 6.07) is 74.8. The molecule has 0 bridgehead atoms. The molecule has 0 aliphatic heterocycles. The van der Waals surface area contributed by atoms with Crippen LogP contribution in [0.15, 0.2) is 206 Å². The molecule has 4 nitrogen and oxygen atoms in total. The van der Waals surface area contributed by atoms with Crippen LogP contribution in [-0.2, 0) is 10.8 Å². The van der Waals surface area contributed by atoms with Crippen LogP contribution in [0, 0.1) is 0 Å². The summed E-state index contributed by atoms with van der Waals surface area (Å²) in [6.45, 7) is 9.58. The molecule has 2 aliphatic carbocycles. The van der Waals surface area contributed by atoms with Crippen LogP contribution < -0.4 is 0 Å². The molecule has 0 fully saturated rings. The molecule has 314 valence electrons. The normalized spacial score (nSPS) is 14.0. The molecular formula is C62H46N4. The van der Waals surface area contributed by atoms with Crippen molar-refractivity contribution in [1.29, 1.82) is 0 Å². The molecule has 2 heterocycles. The van der Waals surface area contributed by atoms with E-state index in [0.717, 1.165) is 56.2 Å². The van der Waals surface area contributed by atoms with Crippen molar-refractivity contribution in [2.24, 2.45) is 0 Å². The molecular weight excluding hydrogens is 801 g/mol. The Labute approximate surface area is 385 Å². The first-order valence-electron chi connectivity index (χ1n) is 23.0. The maximum atomic E-state index is 5.26. The third-order valence-electron chi connectivity index (χ3n) is 14.5. The molecule has 11 aromatic rings. The van der Waals surface area contributed by atoms with Gasteiger partial charge in [0, 0.05) is 33.3 Å². The van der Waals surface area contributed by atoms with Gasteiger partial charge in [0.25, 0.3) is 0 Å². The fourth-order valence-electron chi connectivity index (χ4n) is 11.1. The van der Waals surface area contributed by atoms with Crippen molar-refractivity contribution in [3.63, 3.8) is 0 Å². The molecule has 13 rings (SSSR count). The molecule has 0 saturated carbocycles. The molecule has 0 unspecified atom stereocenters. The van der Waals surface area contributed by atoms with Crippen LogP contribution in [0.2, 0.25) is 0 Å². The molecule has 2 aromatic heterocycles. The lowest BCUT2D eigenvalue weighted by molar-refractivity contribution is 0.652. The summed E-state index contributed by atoms with van der Waals surface area (Å²) in [6.07, 6.45) is 0. The molecule has 0 spiro atoms. The lowest BCUT2D eigenvalue weighted by Gasteiger charge is -2.24. The van der Waals surface area contributed by atoms with Crippen LogP contribution in [0.1, 0.15) is 49.9 Å². The van der Waals surface area contributed by atoms with Crippen molar-refractivity contribution in [2.45, 2.75) is 38.5 Å². The summed E-state index contributed by atoms with van der Waals surface area (Å²) in [5.74, 6) is 1.89. The minimum atomic E-state index is -0.181. The molecule has 2 aliphatic rings. The van der Waals surface area contributed by atoms with Crippen LogP contribution in [0.25, 0.3) is 101 Å². The molecule has 0 atom stereocenters. The van der Waals surface area contributed by atoms with Gasteiger partial charge in [0.1, 0.15) is 11.6 Å². The van der Waals surface area contributed by atoms with Crippen molar-refractivity contribution < 1.29 is 0 Å². The predicted octanol–water partition coefficient (Wildman–Crippen LogP) is 15.6. The highest BCUT2D eigenvalue weighted by atomic mass is 15.1. The monoisotopic (exact) mass is 846 g/mol. The second-order valence-corrected chi connectivity index (χ2v) is 19.1. The summed E-state index contributed by atoms with van der Waals surface area (Å²) < 4.78 is 4.55. The van der Waals surface area contributed by atoms with E-state index in [1.165, 1.54) is 66.8 Å². The Bertz CT molecular complexity index is 3480. The van der Waals surface area contributed by atoms with Gasteiger partial charge in [0.2, 0.25) is 0 Å². The number of hydrogen-bond donors (Lipinski definition) is 0. The predicted molar refractivity (Wildman–Crippen MR) is 273 cm³/mol. The Balaban J connectivity index is 0.858. The number of aromatic nitrogens is 4. The van der Waals surface area contributed by atoms with Crippen LogP contribution in [-0.4, -0.2) is 19.1 Å². The first-order valence-corrected chi connectivity index (χ1v) is 23.0. The first-order chi connectivity index (χ1) is 32.2. The van der Waals surface area contributed by atoms with E-state index in [4.69, 9.17) is 9.97 Å². The second-order valence-electron chi connectivity index (χ2n) is 19.1. The molecule has 0 amide bonds. The summed E-state index contributed by atoms with van der Waals surface area (Å²) >= 11 is 0. The van der Waals surface area contributed by atoms with E-state index in [-0.39, 0.29) is 10.8 Å². The van der Waals surface area contributed by atoms with Crippen LogP contribution in [0.4, 0.5) is 0 Å². The van der Waals surface area contributed by atoms with Crippen molar-refractivity contribution in [2.75, 3.05) is 0 Å². The topological polar surface area (TPSA) is 35.6 Å². The lowest BCUT2D eigenvalue weighted by Crippen LogP contribution is -2.17. The van der Waals surface area contributed by atoms with E-state index in [2.05, 4.69) is 243 Å². The molecule has 0 N–H and O–H groups in total. The second kappa shape index (κ2) is 14.2. The van der Waals surface area contributed by atoms with Crippen LogP contribution in [0.3, 0.4) is 0 Å². The van der Waals surface area contributed by atoms with E-state index < -0.39 is 0 Å². The standard InChI is InChI=1S/C62H46N4/c1-61(2)51-33-41(43-27-31-57-55(35-43)63-59(39-17-9-5-10-18-39)65(57)45-21-13-7-14-22-45)25-29-47(51)49-38-54-50(37-53(49)61)48-30-26-42(34-52(48)62(54,3)4)44-28-32-58-56(36-44)64-60(40-19-11-6-12-20-40)66(58)46-23-15-8-16-24-46/h5-38H,1-4H3. The average Bonchev–Trinajstić information content (AvgIpc) is 4.07. The van der Waals surface area contributed by atoms with E-state index in [1.54, 1.807) is 0 Å². The van der Waals surface area contributed by atoms with E-state index in [0.29, 0.717) is 0 Å². The Kier molecular flexibility index (Phi) is 8.26. The average molecular weight is 847 g/mol. The SMILES string of the molecule is CC1(C)c2cc(-c3ccc4c(c3)nc(-c3ccccc3)n4-c3ccccc3)ccc2-c2cc3c(cc21)-c1ccc(-c2ccc4c(c2)nc(-c2ccccc2)n4-c2ccccc2)cc1C3(C)C. The largest absolute Gasteiger partial charge is 0.292 e. The van der Waals surface area contributed by atoms with E-state index in [1.807, 2.05) is 0 Å². The van der Waals surface area contributed by atoms with Gasteiger partial charge in [-0.3, -0.25) is 9.13 Å². The quantitative estimate of drug-likeness (QED) is 0.167. The van der Waals surface area contributed by atoms with Crippen molar-refractivity contribution >= 4 is 22.1 Å². The van der Waals surface area contributed by atoms with Gasteiger partial charge >= 0.3 is 0 Å². The number of nitrogens with zero attached hydrogens (tertiary/aromatic N) is 4. The van der Waals surface area contributed by atoms with E-state index in [9.17, 15) is 0 Å². The third-order valence-corrected chi connectivity index (χ3v) is 14.5. The zero-order chi connectivity index (χ0) is 44.3. The molecule has 4 heteroatoms. The third kappa shape index (κ3) is 5.71. The fraction of sp³-hybridized carbons (Fsp3) is 0.0968. The Morgan fingerprint density at radius 2 is 0.636 bits per heavy atom. The maximum Gasteiger partial charge on any atom is 0.145 e. The van der Waals surface area contributed by atoms with Crippen LogP contribution in [0.5, 0.6) is 0 Å². The number of imidazole rings is 2. The van der Waals surface area contributed by atoms with Crippen LogP contribution >= 0.6 is 0 Å². The zero-order valence-corrected chi connectivity index (χ0v) is 37.4. The molecule has 66 heavy (non-hydrogen) atoms. The van der Waals surface area contributed by atoms with Gasteiger partial charge < -0.3 is 0 Å². The summed E-state index contributed by atoms with van der Waals surface area (Å²) in [5.41, 5.74) is 23.8. The Morgan fingerprint density at radius 3 is 1.03 bits per heavy atom. The number of hydrogen-bond acceptors (Lipinski definition) is 2. The minimum Gasteiger partial charge on any atom is -0.292 e. The van der Waals surface area contributed by atoms with Gasteiger partial charge in [-0.15, -0.1) is 0 Å². The first kappa shape index (κ1) is 38.4. The van der Waals surface area contributed by atoms with Crippen molar-refractivity contribution in [3.8, 4) is 78.7 Å². The molecule has 9 aromatic carbocycles. The van der Waals surface area contributed by atoms with Gasteiger partial charge in [0.15, 0.2) is 0 Å². The minimum absolute atomic E-state index is 0.181. The Hall–Kier alpha value is -8.08. The van der Waals surface area contributed by atoms with Crippen molar-refractivity contribution in [3.05, 3.63) is 229 Å². The number of para-hydroxylation sites is 2. The zero-order valence-electron chi connectivity index (χ0n) is 37.4. The summed E-state index contributed by atoms with van der Waals surface area (Å²) in [4.78, 5) is 10.5. The smallest absolute Gasteiger partial charge is 0.145 e. The summed E-state index contributed by atoms with van der Waals surface area (Å²) in [5, 5.41) is 0.